The first kappa shape index (κ1) is 15.2. The molecule has 0 aromatic heterocycles. The van der Waals surface area contributed by atoms with Crippen molar-refractivity contribution >= 4 is 11.6 Å². The minimum Gasteiger partial charge on any atom is -0.385 e. The molecule has 0 fully saturated rings. The molecule has 0 heterocycles. The molecule has 1 unspecified atom stereocenters. The number of rotatable bonds is 6. The number of amides is 1. The summed E-state index contributed by atoms with van der Waals surface area (Å²) in [4.78, 5) is 11.9. The molecule has 0 aliphatic rings. The highest BCUT2D eigenvalue weighted by Crippen LogP contribution is 2.16. The maximum atomic E-state index is 11.9. The van der Waals surface area contributed by atoms with Gasteiger partial charge in [0.1, 0.15) is 0 Å². The number of aryl methyl sites for hydroxylation is 1. The van der Waals surface area contributed by atoms with Crippen LogP contribution in [0.5, 0.6) is 0 Å². The zero-order valence-corrected chi connectivity index (χ0v) is 11.3. The van der Waals surface area contributed by atoms with Gasteiger partial charge in [0.25, 0.3) is 0 Å². The van der Waals surface area contributed by atoms with Crippen LogP contribution in [0.25, 0.3) is 0 Å². The molecule has 102 valence electrons. The fraction of sp³-hybridized carbons (Fsp3) is 0.429. The number of nitrogens with zero attached hydrogens (tertiary/aromatic N) is 1. The summed E-state index contributed by atoms with van der Waals surface area (Å²) in [5.74, 6) is -0.241. The summed E-state index contributed by atoms with van der Waals surface area (Å²) < 4.78 is 4.92. The van der Waals surface area contributed by atoms with Gasteiger partial charge in [-0.1, -0.05) is 6.07 Å². The van der Waals surface area contributed by atoms with Crippen molar-refractivity contribution in [3.63, 3.8) is 0 Å². The quantitative estimate of drug-likeness (QED) is 0.761. The van der Waals surface area contributed by atoms with Crippen LogP contribution in [0.1, 0.15) is 24.0 Å². The van der Waals surface area contributed by atoms with E-state index in [2.05, 4.69) is 5.32 Å². The minimum atomic E-state index is -0.569. The van der Waals surface area contributed by atoms with Crippen LogP contribution in [0.15, 0.2) is 18.2 Å². The molecule has 1 amide bonds. The van der Waals surface area contributed by atoms with E-state index >= 15 is 0 Å². The molecule has 1 atom stereocenters. The third-order valence-corrected chi connectivity index (χ3v) is 2.82. The summed E-state index contributed by atoms with van der Waals surface area (Å²) in [5.41, 5.74) is 7.83. The van der Waals surface area contributed by atoms with Crippen molar-refractivity contribution in [3.8, 4) is 6.07 Å². The van der Waals surface area contributed by atoms with Crippen LogP contribution in [0.3, 0.4) is 0 Å². The van der Waals surface area contributed by atoms with Gasteiger partial charge in [0.2, 0.25) is 5.91 Å². The molecule has 1 aromatic rings. The van der Waals surface area contributed by atoms with Gasteiger partial charge in [0.15, 0.2) is 0 Å². The second-order valence-electron chi connectivity index (χ2n) is 4.37. The highest BCUT2D eigenvalue weighted by Gasteiger charge is 2.14. The van der Waals surface area contributed by atoms with Gasteiger partial charge in [0.05, 0.1) is 17.7 Å². The number of anilines is 1. The Bertz CT molecular complexity index is 480. The van der Waals surface area contributed by atoms with Crippen LogP contribution in [-0.4, -0.2) is 25.7 Å². The number of methoxy groups -OCH3 is 1. The Morgan fingerprint density at radius 2 is 2.32 bits per heavy atom. The molecule has 3 N–H and O–H groups in total. The number of benzene rings is 1. The minimum absolute atomic E-state index is 0.241. The molecule has 1 rings (SSSR count). The lowest BCUT2D eigenvalue weighted by atomic mass is 10.1. The van der Waals surface area contributed by atoms with Crippen molar-refractivity contribution in [3.05, 3.63) is 29.3 Å². The average molecular weight is 261 g/mol. The third-order valence-electron chi connectivity index (χ3n) is 2.82. The van der Waals surface area contributed by atoms with E-state index < -0.39 is 6.04 Å². The lowest BCUT2D eigenvalue weighted by molar-refractivity contribution is -0.117. The highest BCUT2D eigenvalue weighted by atomic mass is 16.5. The van der Waals surface area contributed by atoms with Gasteiger partial charge in [0, 0.05) is 19.4 Å². The Labute approximate surface area is 113 Å². The van der Waals surface area contributed by atoms with E-state index in [4.69, 9.17) is 15.7 Å². The predicted octanol–water partition coefficient (Wildman–Crippen LogP) is 1.56. The molecule has 0 radical (unpaired) electrons. The van der Waals surface area contributed by atoms with Crippen molar-refractivity contribution in [2.45, 2.75) is 25.8 Å². The van der Waals surface area contributed by atoms with E-state index in [-0.39, 0.29) is 5.91 Å². The van der Waals surface area contributed by atoms with Gasteiger partial charge < -0.3 is 15.8 Å². The van der Waals surface area contributed by atoms with Gasteiger partial charge >= 0.3 is 0 Å². The molecule has 19 heavy (non-hydrogen) atoms. The Balaban J connectivity index is 2.63. The average Bonchev–Trinajstić information content (AvgIpc) is 2.41. The number of hydrogen-bond acceptors (Lipinski definition) is 4. The first-order chi connectivity index (χ1) is 9.08. The number of nitrogens with two attached hydrogens (primary N) is 1. The molecule has 0 aliphatic heterocycles. The fourth-order valence-electron chi connectivity index (χ4n) is 1.63. The smallest absolute Gasteiger partial charge is 0.241 e. The van der Waals surface area contributed by atoms with E-state index in [1.54, 1.807) is 25.3 Å². The normalized spacial score (nSPS) is 11.7. The molecule has 0 saturated carbocycles. The largest absolute Gasteiger partial charge is 0.385 e. The molecule has 0 bridgehead atoms. The predicted molar refractivity (Wildman–Crippen MR) is 73.6 cm³/mol. The number of ether oxygens (including phenoxy) is 1. The van der Waals surface area contributed by atoms with Gasteiger partial charge in [-0.05, 0) is 37.5 Å². The van der Waals surface area contributed by atoms with Gasteiger partial charge in [-0.3, -0.25) is 4.79 Å². The molecule has 0 aliphatic carbocycles. The number of hydrogen-bond donors (Lipinski definition) is 2. The van der Waals surface area contributed by atoms with E-state index in [9.17, 15) is 4.79 Å². The second kappa shape index (κ2) is 7.52. The van der Waals surface area contributed by atoms with Crippen LogP contribution >= 0.6 is 0 Å². The van der Waals surface area contributed by atoms with E-state index in [0.29, 0.717) is 24.3 Å². The topological polar surface area (TPSA) is 88.1 Å². The molecular formula is C14H19N3O2. The van der Waals surface area contributed by atoms with Crippen molar-refractivity contribution < 1.29 is 9.53 Å². The van der Waals surface area contributed by atoms with Crippen molar-refractivity contribution in [1.29, 1.82) is 5.26 Å². The summed E-state index contributed by atoms with van der Waals surface area (Å²) in [6.45, 7) is 2.46. The van der Waals surface area contributed by atoms with Crippen molar-refractivity contribution in [2.75, 3.05) is 19.0 Å². The van der Waals surface area contributed by atoms with Crippen LogP contribution in [0.2, 0.25) is 0 Å². The standard InChI is InChI=1S/C14H19N3O2/c1-10-5-6-11(9-15)8-13(10)17-14(18)12(16)4-3-7-19-2/h5-6,8,12H,3-4,7,16H2,1-2H3,(H,17,18). The fourth-order valence-corrected chi connectivity index (χ4v) is 1.63. The van der Waals surface area contributed by atoms with Crippen molar-refractivity contribution in [1.82, 2.24) is 0 Å². The maximum Gasteiger partial charge on any atom is 0.241 e. The zero-order chi connectivity index (χ0) is 14.3. The molecular weight excluding hydrogens is 242 g/mol. The Morgan fingerprint density at radius 3 is 2.95 bits per heavy atom. The number of nitrogens with one attached hydrogen (secondary N) is 1. The summed E-state index contributed by atoms with van der Waals surface area (Å²) in [7, 11) is 1.61. The van der Waals surface area contributed by atoms with Crippen LogP contribution in [0, 0.1) is 18.3 Å². The Morgan fingerprint density at radius 1 is 1.58 bits per heavy atom. The lowest BCUT2D eigenvalue weighted by Crippen LogP contribution is -2.35. The van der Waals surface area contributed by atoms with Crippen molar-refractivity contribution in [2.24, 2.45) is 5.73 Å². The lowest BCUT2D eigenvalue weighted by Gasteiger charge is -2.13. The maximum absolute atomic E-state index is 11.9. The monoisotopic (exact) mass is 261 g/mol. The van der Waals surface area contributed by atoms with Crippen LogP contribution < -0.4 is 11.1 Å². The number of nitriles is 1. The second-order valence-corrected chi connectivity index (χ2v) is 4.37. The summed E-state index contributed by atoms with van der Waals surface area (Å²) in [5, 5.41) is 11.6. The number of carbonyl (C=O) groups excluding carboxylic acids is 1. The summed E-state index contributed by atoms with van der Waals surface area (Å²) >= 11 is 0. The first-order valence-electron chi connectivity index (χ1n) is 6.14. The Hall–Kier alpha value is -1.90. The van der Waals surface area contributed by atoms with E-state index in [0.717, 1.165) is 12.0 Å². The molecule has 0 spiro atoms. The summed E-state index contributed by atoms with van der Waals surface area (Å²) in [6.07, 6.45) is 1.30. The van der Waals surface area contributed by atoms with Gasteiger partial charge in [-0.2, -0.15) is 5.26 Å². The highest BCUT2D eigenvalue weighted by molar-refractivity contribution is 5.95. The zero-order valence-electron chi connectivity index (χ0n) is 11.3. The van der Waals surface area contributed by atoms with E-state index in [1.165, 1.54) is 0 Å². The van der Waals surface area contributed by atoms with Crippen LogP contribution in [0.4, 0.5) is 5.69 Å². The molecule has 0 saturated heterocycles. The molecule has 5 nitrogen and oxygen atoms in total. The number of carbonyl (C=O) groups is 1. The van der Waals surface area contributed by atoms with E-state index in [1.807, 2.05) is 13.0 Å². The molecule has 1 aromatic carbocycles. The van der Waals surface area contributed by atoms with Gasteiger partial charge in [-0.25, -0.2) is 0 Å². The van der Waals surface area contributed by atoms with Gasteiger partial charge in [-0.15, -0.1) is 0 Å². The first-order valence-corrected chi connectivity index (χ1v) is 6.14. The van der Waals surface area contributed by atoms with Crippen LogP contribution in [-0.2, 0) is 9.53 Å². The molecule has 5 heteroatoms. The summed E-state index contributed by atoms with van der Waals surface area (Å²) in [6, 6.07) is 6.63. The Kier molecular flexibility index (Phi) is 6.00. The SMILES string of the molecule is COCCCC(N)C(=O)Nc1cc(C#N)ccc1C. The third kappa shape index (κ3) is 4.70.